The fraction of sp³-hybridized carbons (Fsp3) is 0.474. The minimum atomic E-state index is -0.391. The SMILES string of the molecule is [C-]#[N+]c1ccc(/C=C/C(=O)OCCOCCCC(C)(C)C)cc1. The van der Waals surface area contributed by atoms with Crippen LogP contribution in [0.4, 0.5) is 5.69 Å². The molecule has 0 aliphatic heterocycles. The maximum atomic E-state index is 11.5. The molecule has 0 bridgehead atoms. The van der Waals surface area contributed by atoms with Crippen molar-refractivity contribution in [2.45, 2.75) is 33.6 Å². The van der Waals surface area contributed by atoms with E-state index in [0.29, 0.717) is 24.3 Å². The molecular weight excluding hydrogens is 290 g/mol. The highest BCUT2D eigenvalue weighted by atomic mass is 16.6. The number of carbonyl (C=O) groups is 1. The van der Waals surface area contributed by atoms with Crippen LogP contribution in [0.2, 0.25) is 0 Å². The van der Waals surface area contributed by atoms with E-state index in [1.807, 2.05) is 0 Å². The molecule has 0 aliphatic carbocycles. The largest absolute Gasteiger partial charge is 0.460 e. The molecule has 0 saturated carbocycles. The molecule has 23 heavy (non-hydrogen) atoms. The average Bonchev–Trinajstić information content (AvgIpc) is 2.51. The van der Waals surface area contributed by atoms with Crippen LogP contribution in [0.25, 0.3) is 10.9 Å². The Morgan fingerprint density at radius 3 is 2.48 bits per heavy atom. The van der Waals surface area contributed by atoms with E-state index in [1.54, 1.807) is 30.3 Å². The molecule has 124 valence electrons. The first kappa shape index (κ1) is 18.9. The van der Waals surface area contributed by atoms with Crippen molar-refractivity contribution in [3.05, 3.63) is 47.3 Å². The molecule has 1 aromatic rings. The first-order valence-electron chi connectivity index (χ1n) is 7.81. The van der Waals surface area contributed by atoms with Gasteiger partial charge < -0.3 is 9.47 Å². The van der Waals surface area contributed by atoms with Crippen LogP contribution in [0.3, 0.4) is 0 Å². The van der Waals surface area contributed by atoms with Gasteiger partial charge in [0.1, 0.15) is 6.61 Å². The maximum absolute atomic E-state index is 11.5. The van der Waals surface area contributed by atoms with Crippen LogP contribution in [0.5, 0.6) is 0 Å². The highest BCUT2D eigenvalue weighted by Gasteiger charge is 2.08. The number of hydrogen-bond acceptors (Lipinski definition) is 3. The van der Waals surface area contributed by atoms with Crippen molar-refractivity contribution in [1.82, 2.24) is 0 Å². The smallest absolute Gasteiger partial charge is 0.330 e. The van der Waals surface area contributed by atoms with E-state index in [0.717, 1.165) is 18.4 Å². The lowest BCUT2D eigenvalue weighted by atomic mass is 9.91. The zero-order valence-corrected chi connectivity index (χ0v) is 14.2. The van der Waals surface area contributed by atoms with Crippen molar-refractivity contribution >= 4 is 17.7 Å². The predicted molar refractivity (Wildman–Crippen MR) is 92.2 cm³/mol. The Morgan fingerprint density at radius 1 is 1.17 bits per heavy atom. The zero-order valence-electron chi connectivity index (χ0n) is 14.2. The molecule has 4 heteroatoms. The Balaban J connectivity index is 2.14. The van der Waals surface area contributed by atoms with Crippen molar-refractivity contribution < 1.29 is 14.3 Å². The molecule has 1 aromatic carbocycles. The highest BCUT2D eigenvalue weighted by Crippen LogP contribution is 2.20. The molecule has 0 unspecified atom stereocenters. The predicted octanol–water partition coefficient (Wildman–Crippen LogP) is 4.64. The number of hydrogen-bond donors (Lipinski definition) is 0. The third kappa shape index (κ3) is 9.49. The molecule has 0 aliphatic rings. The zero-order chi connectivity index (χ0) is 17.1. The summed E-state index contributed by atoms with van der Waals surface area (Å²) in [6, 6.07) is 7.00. The quantitative estimate of drug-likeness (QED) is 0.304. The van der Waals surface area contributed by atoms with Crippen LogP contribution in [-0.4, -0.2) is 25.8 Å². The molecule has 1 rings (SSSR count). The molecule has 0 radical (unpaired) electrons. The first-order chi connectivity index (χ1) is 10.9. The Kier molecular flexibility index (Phi) is 8.07. The summed E-state index contributed by atoms with van der Waals surface area (Å²) < 4.78 is 10.5. The summed E-state index contributed by atoms with van der Waals surface area (Å²) in [5, 5.41) is 0. The normalized spacial score (nSPS) is 11.4. The maximum Gasteiger partial charge on any atom is 0.330 e. The monoisotopic (exact) mass is 315 g/mol. The van der Waals surface area contributed by atoms with Crippen LogP contribution >= 0.6 is 0 Å². The van der Waals surface area contributed by atoms with E-state index in [2.05, 4.69) is 25.6 Å². The molecule has 4 nitrogen and oxygen atoms in total. The van der Waals surface area contributed by atoms with E-state index in [-0.39, 0.29) is 6.61 Å². The number of esters is 1. The average molecular weight is 315 g/mol. The minimum Gasteiger partial charge on any atom is -0.460 e. The van der Waals surface area contributed by atoms with E-state index in [9.17, 15) is 4.79 Å². The van der Waals surface area contributed by atoms with Gasteiger partial charge in [0.15, 0.2) is 5.69 Å². The third-order valence-corrected chi connectivity index (χ3v) is 3.12. The summed E-state index contributed by atoms with van der Waals surface area (Å²) in [4.78, 5) is 14.9. The molecule has 0 atom stereocenters. The summed E-state index contributed by atoms with van der Waals surface area (Å²) >= 11 is 0. The van der Waals surface area contributed by atoms with Crippen molar-refractivity contribution in [3.8, 4) is 0 Å². The summed E-state index contributed by atoms with van der Waals surface area (Å²) in [6.45, 7) is 14.9. The van der Waals surface area contributed by atoms with E-state index >= 15 is 0 Å². The standard InChI is InChI=1S/C19H25NO3/c1-19(2,3)12-5-13-22-14-15-23-18(21)11-8-16-6-9-17(20-4)10-7-16/h6-11H,5,12-15H2,1-3H3/b11-8+. The lowest BCUT2D eigenvalue weighted by Crippen LogP contribution is -2.11. The van der Waals surface area contributed by atoms with Gasteiger partial charge in [-0.1, -0.05) is 45.0 Å². The lowest BCUT2D eigenvalue weighted by molar-refractivity contribution is -0.139. The van der Waals surface area contributed by atoms with Crippen molar-refractivity contribution in [3.63, 3.8) is 0 Å². The van der Waals surface area contributed by atoms with Crippen molar-refractivity contribution in [1.29, 1.82) is 0 Å². The molecule has 0 amide bonds. The Labute approximate surface area is 138 Å². The number of carbonyl (C=O) groups excluding carboxylic acids is 1. The molecule has 0 aromatic heterocycles. The minimum absolute atomic E-state index is 0.259. The van der Waals surface area contributed by atoms with Gasteiger partial charge >= 0.3 is 5.97 Å². The van der Waals surface area contributed by atoms with Gasteiger partial charge in [-0.3, -0.25) is 0 Å². The summed E-state index contributed by atoms with van der Waals surface area (Å²) in [6.07, 6.45) is 5.17. The van der Waals surface area contributed by atoms with E-state index in [4.69, 9.17) is 16.0 Å². The summed E-state index contributed by atoms with van der Waals surface area (Å²) in [7, 11) is 0. The molecule has 0 heterocycles. The van der Waals surface area contributed by atoms with Crippen molar-refractivity contribution in [2.24, 2.45) is 5.41 Å². The molecular formula is C19H25NO3. The van der Waals surface area contributed by atoms with E-state index in [1.165, 1.54) is 6.08 Å². The Morgan fingerprint density at radius 2 is 1.87 bits per heavy atom. The van der Waals surface area contributed by atoms with Crippen LogP contribution < -0.4 is 0 Å². The fourth-order valence-electron chi connectivity index (χ4n) is 1.88. The third-order valence-electron chi connectivity index (χ3n) is 3.12. The second-order valence-electron chi connectivity index (χ2n) is 6.48. The summed E-state index contributed by atoms with van der Waals surface area (Å²) in [5.74, 6) is -0.391. The number of benzene rings is 1. The van der Waals surface area contributed by atoms with Gasteiger partial charge in [0.2, 0.25) is 0 Å². The molecule has 0 saturated heterocycles. The number of rotatable bonds is 8. The Hall–Kier alpha value is -2.12. The second kappa shape index (κ2) is 9.81. The topological polar surface area (TPSA) is 39.9 Å². The van der Waals surface area contributed by atoms with Crippen LogP contribution in [0, 0.1) is 12.0 Å². The van der Waals surface area contributed by atoms with Crippen molar-refractivity contribution in [2.75, 3.05) is 19.8 Å². The fourth-order valence-corrected chi connectivity index (χ4v) is 1.88. The molecule has 0 spiro atoms. The summed E-state index contributed by atoms with van der Waals surface area (Å²) in [5.41, 5.74) is 1.76. The van der Waals surface area contributed by atoms with Gasteiger partial charge in [-0.2, -0.15) is 0 Å². The van der Waals surface area contributed by atoms with Crippen LogP contribution in [-0.2, 0) is 14.3 Å². The Bertz CT molecular complexity index is 547. The van der Waals surface area contributed by atoms with Gasteiger partial charge in [0.05, 0.1) is 13.2 Å². The van der Waals surface area contributed by atoms with Crippen LogP contribution in [0.15, 0.2) is 30.3 Å². The van der Waals surface area contributed by atoms with Gasteiger partial charge in [-0.25, -0.2) is 9.64 Å². The van der Waals surface area contributed by atoms with Gasteiger partial charge in [-0.15, -0.1) is 0 Å². The second-order valence-corrected chi connectivity index (χ2v) is 6.48. The molecule has 0 N–H and O–H groups in total. The first-order valence-corrected chi connectivity index (χ1v) is 7.81. The van der Waals surface area contributed by atoms with Gasteiger partial charge in [0, 0.05) is 12.7 Å². The van der Waals surface area contributed by atoms with Crippen LogP contribution in [0.1, 0.15) is 39.2 Å². The van der Waals surface area contributed by atoms with Gasteiger partial charge in [0.25, 0.3) is 0 Å². The number of nitrogens with zero attached hydrogens (tertiary/aromatic N) is 1. The lowest BCUT2D eigenvalue weighted by Gasteiger charge is -2.17. The van der Waals surface area contributed by atoms with E-state index < -0.39 is 5.97 Å². The molecule has 0 fully saturated rings. The number of ether oxygens (including phenoxy) is 2. The van der Waals surface area contributed by atoms with Gasteiger partial charge in [-0.05, 0) is 29.9 Å². The highest BCUT2D eigenvalue weighted by molar-refractivity contribution is 5.87.